The van der Waals surface area contributed by atoms with Crippen molar-refractivity contribution in [3.05, 3.63) is 59.7 Å². The Labute approximate surface area is 127 Å². The molecule has 0 radical (unpaired) electrons. The van der Waals surface area contributed by atoms with E-state index in [1.54, 1.807) is 7.11 Å². The summed E-state index contributed by atoms with van der Waals surface area (Å²) in [4.78, 5) is 2.21. The minimum absolute atomic E-state index is 0.863. The van der Waals surface area contributed by atoms with Gasteiger partial charge in [0, 0.05) is 20.1 Å². The van der Waals surface area contributed by atoms with Crippen LogP contribution >= 0.6 is 0 Å². The largest absolute Gasteiger partial charge is 0.495 e. The molecule has 0 unspecified atom stereocenters. The molecule has 0 spiro atoms. The molecule has 0 aliphatic heterocycles. The number of ether oxygens (including phenoxy) is 1. The Hall–Kier alpha value is -2.00. The molecule has 112 valence electrons. The minimum atomic E-state index is 0.863. The van der Waals surface area contributed by atoms with E-state index in [9.17, 15) is 0 Å². The first-order chi connectivity index (χ1) is 10.2. The van der Waals surface area contributed by atoms with E-state index in [2.05, 4.69) is 54.5 Å². The number of methoxy groups -OCH3 is 1. The van der Waals surface area contributed by atoms with Gasteiger partial charge in [0.25, 0.3) is 0 Å². The second kappa shape index (κ2) is 7.70. The summed E-state index contributed by atoms with van der Waals surface area (Å²) >= 11 is 0. The fraction of sp³-hybridized carbons (Fsp3) is 0.333. The van der Waals surface area contributed by atoms with Crippen LogP contribution in [0.1, 0.15) is 18.1 Å². The SMILES string of the molecule is CCNCc1ccc(CN(C)c2ccccc2OC)cc1. The summed E-state index contributed by atoms with van der Waals surface area (Å²) < 4.78 is 5.42. The number of para-hydroxylation sites is 2. The quantitative estimate of drug-likeness (QED) is 0.843. The zero-order valence-corrected chi connectivity index (χ0v) is 13.1. The molecule has 3 heteroatoms. The highest BCUT2D eigenvalue weighted by atomic mass is 16.5. The monoisotopic (exact) mass is 284 g/mol. The Kier molecular flexibility index (Phi) is 5.64. The fourth-order valence-electron chi connectivity index (χ4n) is 2.34. The van der Waals surface area contributed by atoms with Crippen LogP contribution in [0.25, 0.3) is 0 Å². The first-order valence-corrected chi connectivity index (χ1v) is 7.37. The van der Waals surface area contributed by atoms with Crippen molar-refractivity contribution in [2.24, 2.45) is 0 Å². The first kappa shape index (κ1) is 15.4. The summed E-state index contributed by atoms with van der Waals surface area (Å²) in [6.07, 6.45) is 0. The second-order valence-corrected chi connectivity index (χ2v) is 5.12. The fourth-order valence-corrected chi connectivity index (χ4v) is 2.34. The van der Waals surface area contributed by atoms with E-state index < -0.39 is 0 Å². The number of nitrogens with one attached hydrogen (secondary N) is 1. The third-order valence-corrected chi connectivity index (χ3v) is 3.52. The van der Waals surface area contributed by atoms with Crippen molar-refractivity contribution < 1.29 is 4.74 Å². The molecule has 0 saturated heterocycles. The average molecular weight is 284 g/mol. The summed E-state index contributed by atoms with van der Waals surface area (Å²) in [6, 6.07) is 16.9. The van der Waals surface area contributed by atoms with Gasteiger partial charge in [0.2, 0.25) is 0 Å². The van der Waals surface area contributed by atoms with Gasteiger partial charge in [-0.05, 0) is 29.8 Å². The van der Waals surface area contributed by atoms with E-state index in [1.807, 2.05) is 18.2 Å². The zero-order chi connectivity index (χ0) is 15.1. The Morgan fingerprint density at radius 3 is 2.33 bits per heavy atom. The third kappa shape index (κ3) is 4.23. The van der Waals surface area contributed by atoms with Gasteiger partial charge in [0.05, 0.1) is 12.8 Å². The first-order valence-electron chi connectivity index (χ1n) is 7.37. The summed E-state index contributed by atoms with van der Waals surface area (Å²) in [7, 11) is 3.80. The molecule has 0 aliphatic rings. The van der Waals surface area contributed by atoms with Crippen molar-refractivity contribution in [3.8, 4) is 5.75 Å². The van der Waals surface area contributed by atoms with Crippen molar-refractivity contribution >= 4 is 5.69 Å². The van der Waals surface area contributed by atoms with E-state index in [0.717, 1.165) is 31.1 Å². The lowest BCUT2D eigenvalue weighted by Gasteiger charge is -2.21. The van der Waals surface area contributed by atoms with E-state index in [-0.39, 0.29) is 0 Å². The highest BCUT2D eigenvalue weighted by molar-refractivity contribution is 5.58. The number of benzene rings is 2. The normalized spacial score (nSPS) is 10.4. The zero-order valence-electron chi connectivity index (χ0n) is 13.1. The molecule has 0 amide bonds. The maximum Gasteiger partial charge on any atom is 0.142 e. The summed E-state index contributed by atoms with van der Waals surface area (Å²) in [5.74, 6) is 0.906. The summed E-state index contributed by atoms with van der Waals surface area (Å²) in [6.45, 7) is 4.91. The van der Waals surface area contributed by atoms with Crippen LogP contribution in [-0.4, -0.2) is 20.7 Å². The topological polar surface area (TPSA) is 24.5 Å². The van der Waals surface area contributed by atoms with Crippen molar-refractivity contribution in [2.75, 3.05) is 25.6 Å². The number of nitrogens with zero attached hydrogens (tertiary/aromatic N) is 1. The minimum Gasteiger partial charge on any atom is -0.495 e. The molecule has 0 fully saturated rings. The second-order valence-electron chi connectivity index (χ2n) is 5.12. The van der Waals surface area contributed by atoms with Crippen LogP contribution in [0.5, 0.6) is 5.75 Å². The Morgan fingerprint density at radius 2 is 1.67 bits per heavy atom. The predicted octanol–water partition coefficient (Wildman–Crippen LogP) is 3.44. The molecular formula is C18H24N2O. The Balaban J connectivity index is 2.03. The number of hydrogen-bond donors (Lipinski definition) is 1. The number of hydrogen-bond acceptors (Lipinski definition) is 3. The van der Waals surface area contributed by atoms with Gasteiger partial charge in [-0.2, -0.15) is 0 Å². The Bertz CT molecular complexity index is 551. The smallest absolute Gasteiger partial charge is 0.142 e. The molecule has 3 nitrogen and oxygen atoms in total. The van der Waals surface area contributed by atoms with Crippen LogP contribution in [-0.2, 0) is 13.1 Å². The summed E-state index contributed by atoms with van der Waals surface area (Å²) in [5.41, 5.74) is 3.72. The summed E-state index contributed by atoms with van der Waals surface area (Å²) in [5, 5.41) is 3.34. The maximum atomic E-state index is 5.42. The van der Waals surface area contributed by atoms with Crippen LogP contribution in [0.4, 0.5) is 5.69 Å². The van der Waals surface area contributed by atoms with Gasteiger partial charge >= 0.3 is 0 Å². The molecule has 2 aromatic carbocycles. The van der Waals surface area contributed by atoms with Gasteiger partial charge in [-0.3, -0.25) is 0 Å². The van der Waals surface area contributed by atoms with Gasteiger partial charge in [-0.25, -0.2) is 0 Å². The molecule has 2 aromatic rings. The number of rotatable bonds is 7. The van der Waals surface area contributed by atoms with E-state index >= 15 is 0 Å². The van der Waals surface area contributed by atoms with Crippen LogP contribution < -0.4 is 15.0 Å². The molecule has 0 atom stereocenters. The molecule has 0 bridgehead atoms. The van der Waals surface area contributed by atoms with E-state index in [1.165, 1.54) is 11.1 Å². The molecule has 0 saturated carbocycles. The molecule has 0 heterocycles. The molecule has 1 N–H and O–H groups in total. The maximum absolute atomic E-state index is 5.42. The van der Waals surface area contributed by atoms with Crippen molar-refractivity contribution in [2.45, 2.75) is 20.0 Å². The van der Waals surface area contributed by atoms with E-state index in [4.69, 9.17) is 4.74 Å². The van der Waals surface area contributed by atoms with Crippen LogP contribution in [0.15, 0.2) is 48.5 Å². The molecule has 21 heavy (non-hydrogen) atoms. The van der Waals surface area contributed by atoms with Gasteiger partial charge in [-0.15, -0.1) is 0 Å². The van der Waals surface area contributed by atoms with Crippen molar-refractivity contribution in [1.82, 2.24) is 5.32 Å². The highest BCUT2D eigenvalue weighted by Crippen LogP contribution is 2.27. The highest BCUT2D eigenvalue weighted by Gasteiger charge is 2.07. The standard InChI is InChI=1S/C18H24N2O/c1-4-19-13-15-9-11-16(12-10-15)14-20(2)17-7-5-6-8-18(17)21-3/h5-12,19H,4,13-14H2,1-3H3. The predicted molar refractivity (Wildman–Crippen MR) is 88.9 cm³/mol. The van der Waals surface area contributed by atoms with Crippen LogP contribution in [0, 0.1) is 0 Å². The van der Waals surface area contributed by atoms with Crippen molar-refractivity contribution in [3.63, 3.8) is 0 Å². The lowest BCUT2D eigenvalue weighted by molar-refractivity contribution is 0.415. The molecule has 0 aromatic heterocycles. The van der Waals surface area contributed by atoms with Gasteiger partial charge in [-0.1, -0.05) is 43.3 Å². The van der Waals surface area contributed by atoms with Gasteiger partial charge < -0.3 is 15.0 Å². The molecular weight excluding hydrogens is 260 g/mol. The lowest BCUT2D eigenvalue weighted by Crippen LogP contribution is -2.17. The molecule has 0 aliphatic carbocycles. The number of anilines is 1. The third-order valence-electron chi connectivity index (χ3n) is 3.52. The lowest BCUT2D eigenvalue weighted by atomic mass is 10.1. The van der Waals surface area contributed by atoms with Crippen LogP contribution in [0.2, 0.25) is 0 Å². The molecule has 2 rings (SSSR count). The van der Waals surface area contributed by atoms with Crippen molar-refractivity contribution in [1.29, 1.82) is 0 Å². The van der Waals surface area contributed by atoms with Gasteiger partial charge in [0.15, 0.2) is 0 Å². The van der Waals surface area contributed by atoms with Crippen LogP contribution in [0.3, 0.4) is 0 Å². The van der Waals surface area contributed by atoms with Gasteiger partial charge in [0.1, 0.15) is 5.75 Å². The average Bonchev–Trinajstić information content (AvgIpc) is 2.54. The Morgan fingerprint density at radius 1 is 1.00 bits per heavy atom. The van der Waals surface area contributed by atoms with E-state index in [0.29, 0.717) is 0 Å².